The third kappa shape index (κ3) is 5.16. The molecule has 1 unspecified atom stereocenters. The Kier molecular flexibility index (Phi) is 6.42. The van der Waals surface area contributed by atoms with E-state index in [2.05, 4.69) is 33.2 Å². The molecule has 2 aromatic rings. The van der Waals surface area contributed by atoms with E-state index in [1.54, 1.807) is 19.1 Å². The summed E-state index contributed by atoms with van der Waals surface area (Å²) in [5, 5.41) is 5.86. The van der Waals surface area contributed by atoms with Crippen LogP contribution < -0.4 is 10.6 Å². The fourth-order valence-corrected chi connectivity index (χ4v) is 3.58. The Bertz CT molecular complexity index is 869. The molecule has 2 N–H and O–H groups in total. The second-order valence-corrected chi connectivity index (χ2v) is 9.08. The van der Waals surface area contributed by atoms with E-state index in [-0.39, 0.29) is 10.8 Å². The highest BCUT2D eigenvalue weighted by molar-refractivity contribution is 14.1. The Labute approximate surface area is 161 Å². The van der Waals surface area contributed by atoms with Crippen LogP contribution in [-0.4, -0.2) is 38.8 Å². The molecule has 6 nitrogen and oxygen atoms in total. The summed E-state index contributed by atoms with van der Waals surface area (Å²) in [7, 11) is -0.611. The first-order valence-corrected chi connectivity index (χ1v) is 10.1. The van der Waals surface area contributed by atoms with Crippen molar-refractivity contribution in [3.05, 3.63) is 52.1 Å². The van der Waals surface area contributed by atoms with Gasteiger partial charge in [-0.3, -0.25) is 4.79 Å². The lowest BCUT2D eigenvalue weighted by Gasteiger charge is -2.16. The van der Waals surface area contributed by atoms with Crippen molar-refractivity contribution < 1.29 is 13.2 Å². The van der Waals surface area contributed by atoms with Gasteiger partial charge in [0.25, 0.3) is 0 Å². The predicted octanol–water partition coefficient (Wildman–Crippen LogP) is 2.98. The van der Waals surface area contributed by atoms with Gasteiger partial charge < -0.3 is 10.6 Å². The Morgan fingerprint density at radius 3 is 2.36 bits per heavy atom. The molecule has 2 aromatic carbocycles. The highest BCUT2D eigenvalue weighted by atomic mass is 127. The number of hydrogen-bond acceptors (Lipinski definition) is 4. The third-order valence-electron chi connectivity index (χ3n) is 3.48. The maximum Gasteiger partial charge on any atom is 0.246 e. The minimum Gasteiger partial charge on any atom is -0.374 e. The van der Waals surface area contributed by atoms with Crippen LogP contribution >= 0.6 is 22.6 Å². The molecule has 0 radical (unpaired) electrons. The Balaban J connectivity index is 2.10. The van der Waals surface area contributed by atoms with Crippen LogP contribution in [0.1, 0.15) is 6.92 Å². The fraction of sp³-hybridized carbons (Fsp3) is 0.235. The maximum atomic E-state index is 12.4. The van der Waals surface area contributed by atoms with Crippen LogP contribution in [-0.2, 0) is 14.8 Å². The van der Waals surface area contributed by atoms with E-state index >= 15 is 0 Å². The van der Waals surface area contributed by atoms with Crippen molar-refractivity contribution >= 4 is 49.9 Å². The normalized spacial score (nSPS) is 12.7. The first kappa shape index (κ1) is 19.7. The molecule has 0 fully saturated rings. The van der Waals surface area contributed by atoms with Crippen molar-refractivity contribution in [2.45, 2.75) is 17.9 Å². The standard InChI is InChI=1S/C17H20IN3O3S/c1-12(19-14-7-4-6-13(18)10-14)17(22)20-15-8-5-9-16(11-15)25(23,24)21(2)3/h4-12,19H,1-3H3,(H,20,22). The van der Waals surface area contributed by atoms with Crippen LogP contribution in [0.4, 0.5) is 11.4 Å². The van der Waals surface area contributed by atoms with Crippen molar-refractivity contribution in [3.8, 4) is 0 Å². The van der Waals surface area contributed by atoms with Gasteiger partial charge in [0.05, 0.1) is 4.90 Å². The average Bonchev–Trinajstić information content (AvgIpc) is 2.54. The number of benzene rings is 2. The second kappa shape index (κ2) is 8.15. The number of nitrogens with zero attached hydrogens (tertiary/aromatic N) is 1. The van der Waals surface area contributed by atoms with Crippen LogP contribution in [0.25, 0.3) is 0 Å². The average molecular weight is 473 g/mol. The topological polar surface area (TPSA) is 78.5 Å². The van der Waals surface area contributed by atoms with Crippen LogP contribution in [0.5, 0.6) is 0 Å². The number of hydrogen-bond donors (Lipinski definition) is 2. The number of anilines is 2. The summed E-state index contributed by atoms with van der Waals surface area (Å²) in [6.45, 7) is 1.75. The molecule has 0 aliphatic heterocycles. The second-order valence-electron chi connectivity index (χ2n) is 5.68. The first-order chi connectivity index (χ1) is 11.7. The van der Waals surface area contributed by atoms with Gasteiger partial charge in [-0.05, 0) is 65.9 Å². The molecule has 8 heteroatoms. The molecule has 0 aliphatic carbocycles. The number of sulfonamides is 1. The van der Waals surface area contributed by atoms with Gasteiger partial charge in [0.15, 0.2) is 0 Å². The summed E-state index contributed by atoms with van der Waals surface area (Å²) in [5.41, 5.74) is 1.28. The van der Waals surface area contributed by atoms with Gasteiger partial charge in [0, 0.05) is 29.0 Å². The summed E-state index contributed by atoms with van der Waals surface area (Å²) in [6.07, 6.45) is 0. The molecule has 0 saturated heterocycles. The molecule has 25 heavy (non-hydrogen) atoms. The largest absolute Gasteiger partial charge is 0.374 e. The molecule has 134 valence electrons. The molecule has 0 heterocycles. The zero-order valence-electron chi connectivity index (χ0n) is 14.2. The molecule has 2 rings (SSSR count). The summed E-state index contributed by atoms with van der Waals surface area (Å²) in [5.74, 6) is -0.252. The zero-order valence-corrected chi connectivity index (χ0v) is 17.1. The number of amides is 1. The minimum atomic E-state index is -3.54. The van der Waals surface area contributed by atoms with Crippen LogP contribution in [0, 0.1) is 3.57 Å². The number of carbonyl (C=O) groups is 1. The van der Waals surface area contributed by atoms with Crippen LogP contribution in [0.2, 0.25) is 0 Å². The van der Waals surface area contributed by atoms with Gasteiger partial charge in [-0.1, -0.05) is 12.1 Å². The van der Waals surface area contributed by atoms with Crippen molar-refractivity contribution in [2.24, 2.45) is 0 Å². The molecule has 0 spiro atoms. The van der Waals surface area contributed by atoms with Crippen molar-refractivity contribution in [1.82, 2.24) is 4.31 Å². The molecule has 0 aliphatic rings. The number of nitrogens with one attached hydrogen (secondary N) is 2. The molecular formula is C17H20IN3O3S. The number of halogens is 1. The summed E-state index contributed by atoms with van der Waals surface area (Å²) < 4.78 is 26.6. The summed E-state index contributed by atoms with van der Waals surface area (Å²) in [6, 6.07) is 13.4. The van der Waals surface area contributed by atoms with Gasteiger partial charge in [-0.25, -0.2) is 12.7 Å². The van der Waals surface area contributed by atoms with E-state index in [1.165, 1.54) is 26.2 Å². The van der Waals surface area contributed by atoms with E-state index < -0.39 is 16.1 Å². The van der Waals surface area contributed by atoms with Gasteiger partial charge in [-0.2, -0.15) is 0 Å². The van der Waals surface area contributed by atoms with E-state index in [0.717, 1.165) is 13.6 Å². The maximum absolute atomic E-state index is 12.4. The van der Waals surface area contributed by atoms with Crippen molar-refractivity contribution in [3.63, 3.8) is 0 Å². The zero-order chi connectivity index (χ0) is 18.6. The lowest BCUT2D eigenvalue weighted by atomic mass is 10.2. The smallest absolute Gasteiger partial charge is 0.246 e. The number of rotatable bonds is 6. The molecular weight excluding hydrogens is 453 g/mol. The van der Waals surface area contributed by atoms with E-state index in [1.807, 2.05) is 24.3 Å². The SMILES string of the molecule is CC(Nc1cccc(I)c1)C(=O)Nc1cccc(S(=O)(=O)N(C)C)c1. The third-order valence-corrected chi connectivity index (χ3v) is 5.96. The van der Waals surface area contributed by atoms with Crippen LogP contribution in [0.15, 0.2) is 53.4 Å². The van der Waals surface area contributed by atoms with E-state index in [0.29, 0.717) is 5.69 Å². The summed E-state index contributed by atoms with van der Waals surface area (Å²) in [4.78, 5) is 12.5. The van der Waals surface area contributed by atoms with E-state index in [4.69, 9.17) is 0 Å². The molecule has 0 saturated carbocycles. The molecule has 1 amide bonds. The van der Waals surface area contributed by atoms with Gasteiger partial charge in [0.2, 0.25) is 15.9 Å². The molecule has 0 bridgehead atoms. The Hall–Kier alpha value is -1.65. The van der Waals surface area contributed by atoms with E-state index in [9.17, 15) is 13.2 Å². The highest BCUT2D eigenvalue weighted by Crippen LogP contribution is 2.19. The van der Waals surface area contributed by atoms with Gasteiger partial charge in [-0.15, -0.1) is 0 Å². The number of carbonyl (C=O) groups excluding carboxylic acids is 1. The first-order valence-electron chi connectivity index (χ1n) is 7.56. The predicted molar refractivity (Wildman–Crippen MR) is 108 cm³/mol. The fourth-order valence-electron chi connectivity index (χ4n) is 2.09. The quantitative estimate of drug-likeness (QED) is 0.633. The Morgan fingerprint density at radius 2 is 1.72 bits per heavy atom. The van der Waals surface area contributed by atoms with Crippen molar-refractivity contribution in [2.75, 3.05) is 24.7 Å². The Morgan fingerprint density at radius 1 is 1.08 bits per heavy atom. The lowest BCUT2D eigenvalue weighted by molar-refractivity contribution is -0.116. The summed E-state index contributed by atoms with van der Waals surface area (Å²) >= 11 is 2.20. The minimum absolute atomic E-state index is 0.133. The monoisotopic (exact) mass is 473 g/mol. The van der Waals surface area contributed by atoms with Gasteiger partial charge in [0.1, 0.15) is 6.04 Å². The highest BCUT2D eigenvalue weighted by Gasteiger charge is 2.18. The molecule has 0 aromatic heterocycles. The molecule has 1 atom stereocenters. The lowest BCUT2D eigenvalue weighted by Crippen LogP contribution is -2.32. The van der Waals surface area contributed by atoms with Crippen LogP contribution in [0.3, 0.4) is 0 Å². The van der Waals surface area contributed by atoms with Gasteiger partial charge >= 0.3 is 0 Å². The van der Waals surface area contributed by atoms with Crippen molar-refractivity contribution in [1.29, 1.82) is 0 Å².